The fourth-order valence-electron chi connectivity index (χ4n) is 2.59. The SMILES string of the molecule is CCCCS(=O)(=O)Nc1ccc(Nc2cc(C)nc(-c3cccnc3)n2)cc1. The minimum atomic E-state index is -3.31. The molecule has 0 amide bonds. The second-order valence-corrected chi connectivity index (χ2v) is 8.28. The highest BCUT2D eigenvalue weighted by Crippen LogP contribution is 2.21. The lowest BCUT2D eigenvalue weighted by Crippen LogP contribution is -2.16. The van der Waals surface area contributed by atoms with Gasteiger partial charge in [0.25, 0.3) is 0 Å². The summed E-state index contributed by atoms with van der Waals surface area (Å²) in [7, 11) is -3.31. The second kappa shape index (κ2) is 8.79. The summed E-state index contributed by atoms with van der Waals surface area (Å²) in [6, 6.07) is 12.7. The first kappa shape index (κ1) is 19.8. The van der Waals surface area contributed by atoms with Gasteiger partial charge in [0.1, 0.15) is 5.82 Å². The topological polar surface area (TPSA) is 96.9 Å². The van der Waals surface area contributed by atoms with Crippen molar-refractivity contribution in [1.29, 1.82) is 0 Å². The average Bonchev–Trinajstić information content (AvgIpc) is 2.68. The van der Waals surface area contributed by atoms with E-state index in [1.165, 1.54) is 0 Å². The van der Waals surface area contributed by atoms with Crippen molar-refractivity contribution in [3.05, 3.63) is 60.6 Å². The number of benzene rings is 1. The van der Waals surface area contributed by atoms with E-state index < -0.39 is 10.0 Å². The van der Waals surface area contributed by atoms with Gasteiger partial charge in [-0.2, -0.15) is 0 Å². The normalized spacial score (nSPS) is 11.2. The number of anilines is 3. The zero-order valence-corrected chi connectivity index (χ0v) is 16.7. The molecule has 0 saturated carbocycles. The van der Waals surface area contributed by atoms with Crippen LogP contribution in [0, 0.1) is 6.92 Å². The highest BCUT2D eigenvalue weighted by atomic mass is 32.2. The second-order valence-electron chi connectivity index (χ2n) is 6.44. The van der Waals surface area contributed by atoms with Crippen LogP contribution in [0.3, 0.4) is 0 Å². The van der Waals surface area contributed by atoms with Gasteiger partial charge in [-0.15, -0.1) is 0 Å². The molecule has 0 unspecified atom stereocenters. The van der Waals surface area contributed by atoms with Crippen LogP contribution < -0.4 is 10.0 Å². The molecule has 7 nitrogen and oxygen atoms in total. The molecule has 0 atom stereocenters. The molecule has 3 aromatic rings. The summed E-state index contributed by atoms with van der Waals surface area (Å²) < 4.78 is 26.6. The number of pyridine rings is 1. The molecular formula is C20H23N5O2S. The minimum Gasteiger partial charge on any atom is -0.340 e. The third-order valence-corrected chi connectivity index (χ3v) is 5.34. The first-order valence-electron chi connectivity index (χ1n) is 9.09. The van der Waals surface area contributed by atoms with Crippen LogP contribution in [0.25, 0.3) is 11.4 Å². The van der Waals surface area contributed by atoms with E-state index in [2.05, 4.69) is 25.0 Å². The Balaban J connectivity index is 1.73. The van der Waals surface area contributed by atoms with Gasteiger partial charge in [0, 0.05) is 41.1 Å². The molecule has 146 valence electrons. The van der Waals surface area contributed by atoms with Crippen molar-refractivity contribution in [2.75, 3.05) is 15.8 Å². The standard InChI is InChI=1S/C20H23N5O2S/c1-3-4-12-28(26,27)25-18-9-7-17(8-10-18)23-19-13-15(2)22-20(24-19)16-6-5-11-21-14-16/h5-11,13-14,25H,3-4,12H2,1-2H3,(H,22,23,24). The van der Waals surface area contributed by atoms with Gasteiger partial charge < -0.3 is 5.32 Å². The van der Waals surface area contributed by atoms with Crippen molar-refractivity contribution in [2.45, 2.75) is 26.7 Å². The van der Waals surface area contributed by atoms with Crippen molar-refractivity contribution in [3.63, 3.8) is 0 Å². The molecule has 3 rings (SSSR count). The van der Waals surface area contributed by atoms with Gasteiger partial charge >= 0.3 is 0 Å². The third kappa shape index (κ3) is 5.50. The summed E-state index contributed by atoms with van der Waals surface area (Å²) in [6.07, 6.45) is 4.90. The van der Waals surface area contributed by atoms with Crippen LogP contribution in [-0.4, -0.2) is 29.1 Å². The molecule has 0 fully saturated rings. The summed E-state index contributed by atoms with van der Waals surface area (Å²) in [4.78, 5) is 13.1. The predicted molar refractivity (Wildman–Crippen MR) is 112 cm³/mol. The third-order valence-electron chi connectivity index (χ3n) is 3.97. The minimum absolute atomic E-state index is 0.126. The van der Waals surface area contributed by atoms with Gasteiger partial charge in [0.2, 0.25) is 10.0 Å². The molecule has 0 radical (unpaired) electrons. The van der Waals surface area contributed by atoms with Gasteiger partial charge in [-0.1, -0.05) is 13.3 Å². The molecule has 2 aromatic heterocycles. The molecule has 28 heavy (non-hydrogen) atoms. The highest BCUT2D eigenvalue weighted by Gasteiger charge is 2.10. The maximum atomic E-state index is 12.0. The van der Waals surface area contributed by atoms with E-state index in [0.717, 1.165) is 23.4 Å². The van der Waals surface area contributed by atoms with Crippen LogP contribution in [0.5, 0.6) is 0 Å². The molecule has 2 N–H and O–H groups in total. The Hall–Kier alpha value is -3.00. The summed E-state index contributed by atoms with van der Waals surface area (Å²) in [5.41, 5.74) is 3.01. The lowest BCUT2D eigenvalue weighted by Gasteiger charge is -2.11. The van der Waals surface area contributed by atoms with Crippen molar-refractivity contribution in [2.24, 2.45) is 0 Å². The van der Waals surface area contributed by atoms with Crippen LogP contribution in [0.2, 0.25) is 0 Å². The van der Waals surface area contributed by atoms with Crippen LogP contribution in [-0.2, 0) is 10.0 Å². The lowest BCUT2D eigenvalue weighted by atomic mass is 10.2. The van der Waals surface area contributed by atoms with E-state index in [1.54, 1.807) is 36.7 Å². The predicted octanol–water partition coefficient (Wildman–Crippen LogP) is 4.13. The van der Waals surface area contributed by atoms with E-state index in [-0.39, 0.29) is 5.75 Å². The van der Waals surface area contributed by atoms with Gasteiger partial charge in [-0.05, 0) is 49.7 Å². The maximum absolute atomic E-state index is 12.0. The zero-order chi connectivity index (χ0) is 20.0. The van der Waals surface area contributed by atoms with Crippen molar-refractivity contribution >= 4 is 27.2 Å². The summed E-state index contributed by atoms with van der Waals surface area (Å²) in [5.74, 6) is 1.37. The Kier molecular flexibility index (Phi) is 6.20. The number of nitrogens with zero attached hydrogens (tertiary/aromatic N) is 3. The smallest absolute Gasteiger partial charge is 0.232 e. The number of nitrogens with one attached hydrogen (secondary N) is 2. The summed E-state index contributed by atoms with van der Waals surface area (Å²) in [5, 5.41) is 3.23. The molecule has 0 bridgehead atoms. The number of aromatic nitrogens is 3. The van der Waals surface area contributed by atoms with Crippen molar-refractivity contribution in [1.82, 2.24) is 15.0 Å². The Labute approximate surface area is 165 Å². The monoisotopic (exact) mass is 397 g/mol. The van der Waals surface area contributed by atoms with Crippen LogP contribution in [0.1, 0.15) is 25.5 Å². The van der Waals surface area contributed by atoms with Gasteiger partial charge in [-0.25, -0.2) is 18.4 Å². The van der Waals surface area contributed by atoms with Crippen LogP contribution in [0.15, 0.2) is 54.9 Å². The number of hydrogen-bond donors (Lipinski definition) is 2. The number of sulfonamides is 1. The molecule has 8 heteroatoms. The molecule has 0 aliphatic heterocycles. The van der Waals surface area contributed by atoms with Gasteiger partial charge in [0.15, 0.2) is 5.82 Å². The first-order valence-corrected chi connectivity index (χ1v) is 10.7. The molecule has 2 heterocycles. The Bertz CT molecular complexity index is 1020. The summed E-state index contributed by atoms with van der Waals surface area (Å²) in [6.45, 7) is 3.87. The van der Waals surface area contributed by atoms with Gasteiger partial charge in [0.05, 0.1) is 5.75 Å². The van der Waals surface area contributed by atoms with Crippen LogP contribution >= 0.6 is 0 Å². The number of aryl methyl sites for hydroxylation is 1. The zero-order valence-electron chi connectivity index (χ0n) is 15.9. The average molecular weight is 398 g/mol. The highest BCUT2D eigenvalue weighted by molar-refractivity contribution is 7.92. The molecule has 0 aliphatic rings. The van der Waals surface area contributed by atoms with Crippen molar-refractivity contribution in [3.8, 4) is 11.4 Å². The van der Waals surface area contributed by atoms with E-state index >= 15 is 0 Å². The quantitative estimate of drug-likeness (QED) is 0.593. The van der Waals surface area contributed by atoms with Crippen LogP contribution in [0.4, 0.5) is 17.2 Å². The van der Waals surface area contributed by atoms with E-state index in [0.29, 0.717) is 23.8 Å². The largest absolute Gasteiger partial charge is 0.340 e. The lowest BCUT2D eigenvalue weighted by molar-refractivity contribution is 0.598. The molecule has 1 aromatic carbocycles. The first-order chi connectivity index (χ1) is 13.4. The maximum Gasteiger partial charge on any atom is 0.232 e. The summed E-state index contributed by atoms with van der Waals surface area (Å²) >= 11 is 0. The number of rotatable bonds is 8. The van der Waals surface area contributed by atoms with E-state index in [4.69, 9.17) is 0 Å². The molecular weight excluding hydrogens is 374 g/mol. The number of hydrogen-bond acceptors (Lipinski definition) is 6. The molecule has 0 saturated heterocycles. The van der Waals surface area contributed by atoms with Gasteiger partial charge in [-0.3, -0.25) is 9.71 Å². The molecule has 0 spiro atoms. The fourth-order valence-corrected chi connectivity index (χ4v) is 3.86. The number of unbranched alkanes of at least 4 members (excludes halogenated alkanes) is 1. The van der Waals surface area contributed by atoms with E-state index in [1.807, 2.05) is 32.0 Å². The Morgan fingerprint density at radius 2 is 1.79 bits per heavy atom. The van der Waals surface area contributed by atoms with Crippen molar-refractivity contribution < 1.29 is 8.42 Å². The van der Waals surface area contributed by atoms with E-state index in [9.17, 15) is 8.42 Å². The Morgan fingerprint density at radius 1 is 1.04 bits per heavy atom. The fraction of sp³-hybridized carbons (Fsp3) is 0.250. The molecule has 0 aliphatic carbocycles. The Morgan fingerprint density at radius 3 is 2.46 bits per heavy atom.